The molecule has 0 fully saturated rings. The number of nitrogens with zero attached hydrogens (tertiary/aromatic N) is 2. The molecule has 3 rings (SSSR count). The van der Waals surface area contributed by atoms with Gasteiger partial charge in [0.05, 0.1) is 16.6 Å². The third-order valence-electron chi connectivity index (χ3n) is 3.35. The topological polar surface area (TPSA) is 65.6 Å². The molecule has 0 saturated heterocycles. The number of benzene rings is 1. The molecule has 5 heteroatoms. The Morgan fingerprint density at radius 2 is 2.10 bits per heavy atom. The van der Waals surface area contributed by atoms with Gasteiger partial charge in [0.15, 0.2) is 3.77 Å². The Kier molecular flexibility index (Phi) is 3.55. The van der Waals surface area contributed by atoms with Gasteiger partial charge in [-0.15, -0.1) is 0 Å². The van der Waals surface area contributed by atoms with Crippen molar-refractivity contribution in [2.24, 2.45) is 0 Å². The zero-order valence-electron chi connectivity index (χ0n) is 11.6. The molecule has 104 valence electrons. The SMILES string of the molecule is Cc1cc2nc(/C(C#N)=C\c3ccc(I)o3)[nH]c2cc1C. The molecule has 0 radical (unpaired) electrons. The third-order valence-corrected chi connectivity index (χ3v) is 3.93. The van der Waals surface area contributed by atoms with Crippen LogP contribution in [-0.2, 0) is 0 Å². The number of hydrogen-bond donors (Lipinski definition) is 1. The maximum absolute atomic E-state index is 9.36. The van der Waals surface area contributed by atoms with E-state index in [0.717, 1.165) is 14.8 Å². The fraction of sp³-hybridized carbons (Fsp3) is 0.125. The zero-order chi connectivity index (χ0) is 15.0. The van der Waals surface area contributed by atoms with E-state index >= 15 is 0 Å². The lowest BCUT2D eigenvalue weighted by molar-refractivity contribution is 0.528. The largest absolute Gasteiger partial charge is 0.451 e. The average molecular weight is 389 g/mol. The molecular formula is C16H12IN3O. The van der Waals surface area contributed by atoms with Crippen LogP contribution in [0.1, 0.15) is 22.7 Å². The minimum absolute atomic E-state index is 0.451. The maximum atomic E-state index is 9.36. The molecule has 1 N–H and O–H groups in total. The first-order chi connectivity index (χ1) is 10.1. The van der Waals surface area contributed by atoms with Crippen molar-refractivity contribution in [1.29, 1.82) is 5.26 Å². The first kappa shape index (κ1) is 13.9. The number of allylic oxidation sites excluding steroid dienone is 1. The number of nitrogens with one attached hydrogen (secondary N) is 1. The number of imidazole rings is 1. The summed E-state index contributed by atoms with van der Waals surface area (Å²) in [6, 6.07) is 9.93. The normalized spacial score (nSPS) is 11.8. The molecule has 1 aromatic carbocycles. The van der Waals surface area contributed by atoms with Crippen LogP contribution in [0.3, 0.4) is 0 Å². The van der Waals surface area contributed by atoms with E-state index in [0.29, 0.717) is 17.2 Å². The first-order valence-corrected chi connectivity index (χ1v) is 7.49. The summed E-state index contributed by atoms with van der Waals surface area (Å²) in [5.74, 6) is 1.20. The Bertz CT molecular complexity index is 857. The van der Waals surface area contributed by atoms with Gasteiger partial charge in [-0.3, -0.25) is 0 Å². The summed E-state index contributed by atoms with van der Waals surface area (Å²) in [5, 5.41) is 9.36. The van der Waals surface area contributed by atoms with Gasteiger partial charge in [0, 0.05) is 6.08 Å². The third kappa shape index (κ3) is 2.72. The van der Waals surface area contributed by atoms with E-state index in [2.05, 4.69) is 52.5 Å². The van der Waals surface area contributed by atoms with E-state index in [9.17, 15) is 5.26 Å². The van der Waals surface area contributed by atoms with Gasteiger partial charge in [-0.05, 0) is 71.8 Å². The van der Waals surface area contributed by atoms with Gasteiger partial charge in [-0.2, -0.15) is 5.26 Å². The lowest BCUT2D eigenvalue weighted by Gasteiger charge is -1.97. The standard InChI is InChI=1S/C16H12IN3O/c1-9-5-13-14(6-10(9)2)20-16(19-13)11(8-18)7-12-3-4-15(17)21-12/h3-7H,1-2H3,(H,19,20)/b11-7-. The number of halogens is 1. The molecule has 2 heterocycles. The Balaban J connectivity index is 2.09. The van der Waals surface area contributed by atoms with Crippen molar-refractivity contribution in [2.45, 2.75) is 13.8 Å². The van der Waals surface area contributed by atoms with Gasteiger partial charge in [0.2, 0.25) is 0 Å². The molecule has 0 spiro atoms. The van der Waals surface area contributed by atoms with Crippen LogP contribution in [0.25, 0.3) is 22.7 Å². The van der Waals surface area contributed by atoms with Gasteiger partial charge in [-0.25, -0.2) is 4.98 Å². The summed E-state index contributed by atoms with van der Waals surface area (Å²) in [4.78, 5) is 7.70. The van der Waals surface area contributed by atoms with Crippen LogP contribution >= 0.6 is 22.6 Å². The minimum Gasteiger partial charge on any atom is -0.451 e. The molecule has 0 aliphatic heterocycles. The highest BCUT2D eigenvalue weighted by atomic mass is 127. The predicted molar refractivity (Wildman–Crippen MR) is 90.5 cm³/mol. The molecule has 0 amide bonds. The van der Waals surface area contributed by atoms with Crippen molar-refractivity contribution in [3.05, 3.63) is 50.7 Å². The second-order valence-corrected chi connectivity index (χ2v) is 5.91. The summed E-state index contributed by atoms with van der Waals surface area (Å²) in [6.07, 6.45) is 1.69. The highest BCUT2D eigenvalue weighted by molar-refractivity contribution is 14.1. The van der Waals surface area contributed by atoms with Crippen molar-refractivity contribution in [3.8, 4) is 6.07 Å². The van der Waals surface area contributed by atoms with Crippen molar-refractivity contribution < 1.29 is 4.42 Å². The zero-order valence-corrected chi connectivity index (χ0v) is 13.7. The first-order valence-electron chi connectivity index (χ1n) is 6.41. The van der Waals surface area contributed by atoms with E-state index in [1.165, 1.54) is 11.1 Å². The second kappa shape index (κ2) is 5.37. The van der Waals surface area contributed by atoms with Crippen LogP contribution in [0.4, 0.5) is 0 Å². The van der Waals surface area contributed by atoms with Gasteiger partial charge >= 0.3 is 0 Å². The summed E-state index contributed by atoms with van der Waals surface area (Å²) >= 11 is 2.09. The van der Waals surface area contributed by atoms with Crippen LogP contribution in [0.2, 0.25) is 0 Å². The number of fused-ring (bicyclic) bond motifs is 1. The number of furan rings is 1. The van der Waals surface area contributed by atoms with E-state index < -0.39 is 0 Å². The molecule has 0 bridgehead atoms. The van der Waals surface area contributed by atoms with Crippen LogP contribution in [0.15, 0.2) is 28.7 Å². The fourth-order valence-electron chi connectivity index (χ4n) is 2.10. The molecule has 0 saturated carbocycles. The van der Waals surface area contributed by atoms with Crippen LogP contribution in [-0.4, -0.2) is 9.97 Å². The highest BCUT2D eigenvalue weighted by Crippen LogP contribution is 2.22. The highest BCUT2D eigenvalue weighted by Gasteiger charge is 2.10. The summed E-state index contributed by atoms with van der Waals surface area (Å²) in [5.41, 5.74) is 4.63. The summed E-state index contributed by atoms with van der Waals surface area (Å²) in [6.45, 7) is 4.11. The Labute approximate surface area is 135 Å². The van der Waals surface area contributed by atoms with Gasteiger partial charge < -0.3 is 9.40 Å². The number of nitriles is 1. The molecule has 0 atom stereocenters. The molecule has 0 unspecified atom stereocenters. The van der Waals surface area contributed by atoms with Crippen molar-refractivity contribution in [3.63, 3.8) is 0 Å². The van der Waals surface area contributed by atoms with E-state index in [-0.39, 0.29) is 0 Å². The number of hydrogen-bond acceptors (Lipinski definition) is 3. The Morgan fingerprint density at radius 3 is 2.76 bits per heavy atom. The summed E-state index contributed by atoms with van der Waals surface area (Å²) in [7, 11) is 0. The van der Waals surface area contributed by atoms with Gasteiger partial charge in [0.1, 0.15) is 17.7 Å². The molecule has 0 aliphatic carbocycles. The monoisotopic (exact) mass is 389 g/mol. The average Bonchev–Trinajstić information content (AvgIpc) is 3.03. The quantitative estimate of drug-likeness (QED) is 0.521. The van der Waals surface area contributed by atoms with E-state index in [1.807, 2.05) is 24.3 Å². The molecule has 4 nitrogen and oxygen atoms in total. The van der Waals surface area contributed by atoms with Crippen LogP contribution in [0.5, 0.6) is 0 Å². The number of aromatic amines is 1. The van der Waals surface area contributed by atoms with Crippen LogP contribution < -0.4 is 0 Å². The lowest BCUT2D eigenvalue weighted by atomic mass is 10.1. The summed E-state index contributed by atoms with van der Waals surface area (Å²) < 4.78 is 6.25. The smallest absolute Gasteiger partial charge is 0.164 e. The molecule has 21 heavy (non-hydrogen) atoms. The van der Waals surface area contributed by atoms with Crippen molar-refractivity contribution in [2.75, 3.05) is 0 Å². The van der Waals surface area contributed by atoms with Gasteiger partial charge in [-0.1, -0.05) is 0 Å². The molecule has 0 aliphatic rings. The Hall–Kier alpha value is -2.07. The number of H-pyrrole nitrogens is 1. The van der Waals surface area contributed by atoms with Crippen molar-refractivity contribution in [1.82, 2.24) is 9.97 Å². The van der Waals surface area contributed by atoms with Crippen LogP contribution in [0, 0.1) is 28.9 Å². The fourth-order valence-corrected chi connectivity index (χ4v) is 2.53. The van der Waals surface area contributed by atoms with E-state index in [4.69, 9.17) is 4.42 Å². The second-order valence-electron chi connectivity index (χ2n) is 4.85. The predicted octanol–water partition coefficient (Wildman–Crippen LogP) is 4.44. The number of aryl methyl sites for hydroxylation is 2. The molecule has 3 aromatic rings. The van der Waals surface area contributed by atoms with Crippen molar-refractivity contribution >= 4 is 45.3 Å². The minimum atomic E-state index is 0.451. The Morgan fingerprint density at radius 1 is 1.33 bits per heavy atom. The molecular weight excluding hydrogens is 377 g/mol. The molecule has 2 aromatic heterocycles. The number of rotatable bonds is 2. The van der Waals surface area contributed by atoms with E-state index in [1.54, 1.807) is 6.08 Å². The lowest BCUT2D eigenvalue weighted by Crippen LogP contribution is -1.84. The van der Waals surface area contributed by atoms with Gasteiger partial charge in [0.25, 0.3) is 0 Å². The number of aromatic nitrogens is 2. The maximum Gasteiger partial charge on any atom is 0.164 e.